The van der Waals surface area contributed by atoms with Gasteiger partial charge in [0.1, 0.15) is 12.1 Å². The lowest BCUT2D eigenvalue weighted by molar-refractivity contribution is 0.0697. The molecule has 0 saturated carbocycles. The Hall–Kier alpha value is -2.94. The van der Waals surface area contributed by atoms with Crippen LogP contribution in [0.25, 0.3) is 11.0 Å². The highest BCUT2D eigenvalue weighted by atomic mass is 32.1. The van der Waals surface area contributed by atoms with Gasteiger partial charge in [-0.15, -0.1) is 0 Å². The second-order valence-corrected chi connectivity index (χ2v) is 6.92. The third-order valence-electron chi connectivity index (χ3n) is 4.72. The Bertz CT molecular complexity index is 1050. The van der Waals surface area contributed by atoms with Gasteiger partial charge in [0.2, 0.25) is 0 Å². The zero-order valence-electron chi connectivity index (χ0n) is 14.3. The van der Waals surface area contributed by atoms with Gasteiger partial charge in [-0.05, 0) is 43.3 Å². The highest BCUT2D eigenvalue weighted by molar-refractivity contribution is 7.71. The summed E-state index contributed by atoms with van der Waals surface area (Å²) in [6.07, 6.45) is 4.13. The number of carbonyl (C=O) groups excluding carboxylic acids is 2. The zero-order valence-corrected chi connectivity index (χ0v) is 15.1. The summed E-state index contributed by atoms with van der Waals surface area (Å²) in [7, 11) is 0. The fraction of sp³-hybridized carbons (Fsp3) is 0.278. The predicted octanol–water partition coefficient (Wildman–Crippen LogP) is 2.99. The smallest absolute Gasteiger partial charge is 0.257 e. The molecule has 1 fully saturated rings. The molecule has 0 aliphatic carbocycles. The lowest BCUT2D eigenvalue weighted by Crippen LogP contribution is -2.46. The van der Waals surface area contributed by atoms with Gasteiger partial charge in [0.25, 0.3) is 11.8 Å². The first-order valence-corrected chi connectivity index (χ1v) is 8.96. The number of H-pyrrole nitrogens is 2. The van der Waals surface area contributed by atoms with Crippen molar-refractivity contribution in [3.8, 4) is 0 Å². The number of furan rings is 1. The van der Waals surface area contributed by atoms with E-state index in [0.717, 1.165) is 0 Å². The molecule has 1 aliphatic rings. The molecule has 3 N–H and O–H groups in total. The number of likely N-dealkylation sites (tertiary alicyclic amines) is 1. The molecule has 1 saturated heterocycles. The van der Waals surface area contributed by atoms with Gasteiger partial charge in [0, 0.05) is 19.1 Å². The standard InChI is InChI=1S/C18H17FN4O3S/c19-11-7-13(15-14(8-11)21-18(27)22-15)16(24)20-12-1-4-23(5-2-12)17(25)10-3-6-26-9-10/h3,6-9,12H,1-2,4-5H2,(H,20,24)(H2,21,22,27). The third kappa shape index (κ3) is 3.50. The van der Waals surface area contributed by atoms with E-state index in [9.17, 15) is 14.0 Å². The number of imidazole rings is 1. The molecule has 0 radical (unpaired) electrons. The summed E-state index contributed by atoms with van der Waals surface area (Å²) in [6.45, 7) is 1.06. The van der Waals surface area contributed by atoms with Crippen molar-refractivity contribution in [3.05, 3.63) is 52.4 Å². The summed E-state index contributed by atoms with van der Waals surface area (Å²) >= 11 is 5.03. The van der Waals surface area contributed by atoms with E-state index in [1.165, 1.54) is 24.7 Å². The number of amides is 2. The van der Waals surface area contributed by atoms with Crippen LogP contribution in [0.5, 0.6) is 0 Å². The number of halogens is 1. The highest BCUT2D eigenvalue weighted by Gasteiger charge is 2.26. The number of hydrogen-bond donors (Lipinski definition) is 3. The summed E-state index contributed by atoms with van der Waals surface area (Å²) in [5.41, 5.74) is 1.65. The average molecular weight is 388 g/mol. The predicted molar refractivity (Wildman–Crippen MR) is 98.5 cm³/mol. The van der Waals surface area contributed by atoms with Gasteiger partial charge in [-0.1, -0.05) is 0 Å². The van der Waals surface area contributed by atoms with E-state index in [1.54, 1.807) is 11.0 Å². The molecule has 3 heterocycles. The SMILES string of the molecule is O=C(NC1CCN(C(=O)c2ccoc2)CC1)c1cc(F)cc2[nH]c(=S)[nH]c12. The monoisotopic (exact) mass is 388 g/mol. The molecule has 0 atom stereocenters. The van der Waals surface area contributed by atoms with Crippen molar-refractivity contribution in [2.45, 2.75) is 18.9 Å². The summed E-state index contributed by atoms with van der Waals surface area (Å²) in [5, 5.41) is 2.93. The van der Waals surface area contributed by atoms with Crippen molar-refractivity contribution in [2.75, 3.05) is 13.1 Å². The van der Waals surface area contributed by atoms with Crippen LogP contribution >= 0.6 is 12.2 Å². The molecule has 4 rings (SSSR count). The Morgan fingerprint density at radius 3 is 2.74 bits per heavy atom. The largest absolute Gasteiger partial charge is 0.472 e. The topological polar surface area (TPSA) is 94.1 Å². The van der Waals surface area contributed by atoms with Crippen molar-refractivity contribution in [3.63, 3.8) is 0 Å². The van der Waals surface area contributed by atoms with E-state index >= 15 is 0 Å². The molecule has 2 aromatic heterocycles. The number of piperidine rings is 1. The Labute approximate surface area is 158 Å². The lowest BCUT2D eigenvalue weighted by atomic mass is 10.0. The van der Waals surface area contributed by atoms with Crippen molar-refractivity contribution >= 4 is 35.1 Å². The zero-order chi connectivity index (χ0) is 19.0. The fourth-order valence-corrected chi connectivity index (χ4v) is 3.56. The number of hydrogen-bond acceptors (Lipinski definition) is 4. The first-order valence-electron chi connectivity index (χ1n) is 8.55. The van der Waals surface area contributed by atoms with Gasteiger partial charge in [-0.3, -0.25) is 9.59 Å². The van der Waals surface area contributed by atoms with Gasteiger partial charge in [0.15, 0.2) is 4.77 Å². The molecule has 0 spiro atoms. The summed E-state index contributed by atoms with van der Waals surface area (Å²) in [5.74, 6) is -0.969. The molecule has 0 unspecified atom stereocenters. The molecule has 3 aromatic rings. The van der Waals surface area contributed by atoms with Crippen LogP contribution in [0.15, 0.2) is 35.1 Å². The van der Waals surface area contributed by atoms with Crippen LogP contribution in [0, 0.1) is 10.6 Å². The van der Waals surface area contributed by atoms with Gasteiger partial charge in [0.05, 0.1) is 28.4 Å². The molecule has 27 heavy (non-hydrogen) atoms. The van der Waals surface area contributed by atoms with Crippen LogP contribution in [0.3, 0.4) is 0 Å². The maximum atomic E-state index is 13.8. The quantitative estimate of drug-likeness (QED) is 0.601. The Balaban J connectivity index is 1.43. The molecule has 1 aliphatic heterocycles. The number of nitrogens with zero attached hydrogens (tertiary/aromatic N) is 1. The van der Waals surface area contributed by atoms with Crippen molar-refractivity contribution in [1.29, 1.82) is 0 Å². The number of rotatable bonds is 3. The van der Waals surface area contributed by atoms with Crippen LogP contribution in [-0.2, 0) is 0 Å². The maximum absolute atomic E-state index is 13.8. The number of aromatic amines is 2. The molecule has 1 aromatic carbocycles. The van der Waals surface area contributed by atoms with Crippen LogP contribution in [-0.4, -0.2) is 45.8 Å². The van der Waals surface area contributed by atoms with Crippen molar-refractivity contribution in [2.24, 2.45) is 0 Å². The number of benzene rings is 1. The summed E-state index contributed by atoms with van der Waals surface area (Å²) in [4.78, 5) is 32.4. The van der Waals surface area contributed by atoms with Crippen LogP contribution in [0.2, 0.25) is 0 Å². The maximum Gasteiger partial charge on any atom is 0.257 e. The van der Waals surface area contributed by atoms with E-state index in [2.05, 4.69) is 15.3 Å². The Morgan fingerprint density at radius 1 is 1.26 bits per heavy atom. The molecule has 140 valence electrons. The van der Waals surface area contributed by atoms with E-state index in [1.807, 2.05) is 0 Å². The van der Waals surface area contributed by atoms with Crippen LogP contribution in [0.1, 0.15) is 33.6 Å². The van der Waals surface area contributed by atoms with Crippen LogP contribution in [0.4, 0.5) is 4.39 Å². The van der Waals surface area contributed by atoms with E-state index < -0.39 is 5.82 Å². The van der Waals surface area contributed by atoms with Crippen LogP contribution < -0.4 is 5.32 Å². The van der Waals surface area contributed by atoms with E-state index in [4.69, 9.17) is 16.6 Å². The Morgan fingerprint density at radius 2 is 2.04 bits per heavy atom. The summed E-state index contributed by atoms with van der Waals surface area (Å²) in [6, 6.07) is 4.02. The minimum Gasteiger partial charge on any atom is -0.472 e. The fourth-order valence-electron chi connectivity index (χ4n) is 3.35. The molecule has 9 heteroatoms. The van der Waals surface area contributed by atoms with Crippen molar-refractivity contribution in [1.82, 2.24) is 20.2 Å². The minimum atomic E-state index is -0.515. The first kappa shape index (κ1) is 17.5. The minimum absolute atomic E-state index is 0.0831. The molecule has 7 nitrogen and oxygen atoms in total. The second-order valence-electron chi connectivity index (χ2n) is 6.51. The van der Waals surface area contributed by atoms with Gasteiger partial charge < -0.3 is 24.6 Å². The van der Waals surface area contributed by atoms with E-state index in [0.29, 0.717) is 47.3 Å². The first-order chi connectivity index (χ1) is 13.0. The molecular formula is C18H17FN4O3S. The number of carbonyl (C=O) groups is 2. The third-order valence-corrected chi connectivity index (χ3v) is 4.92. The van der Waals surface area contributed by atoms with Crippen molar-refractivity contribution < 1.29 is 18.4 Å². The second kappa shape index (κ2) is 6.99. The average Bonchev–Trinajstić information content (AvgIpc) is 3.30. The normalized spacial score (nSPS) is 15.2. The number of nitrogens with one attached hydrogen (secondary N) is 3. The lowest BCUT2D eigenvalue weighted by Gasteiger charge is -2.32. The molecule has 2 amide bonds. The van der Waals surface area contributed by atoms with Gasteiger partial charge in [-0.25, -0.2) is 4.39 Å². The number of fused-ring (bicyclic) bond motifs is 1. The summed E-state index contributed by atoms with van der Waals surface area (Å²) < 4.78 is 19.1. The number of aromatic nitrogens is 2. The highest BCUT2D eigenvalue weighted by Crippen LogP contribution is 2.19. The Kier molecular flexibility index (Phi) is 4.53. The van der Waals surface area contributed by atoms with Gasteiger partial charge in [-0.2, -0.15) is 0 Å². The molecule has 0 bridgehead atoms. The van der Waals surface area contributed by atoms with E-state index in [-0.39, 0.29) is 23.4 Å². The van der Waals surface area contributed by atoms with Gasteiger partial charge >= 0.3 is 0 Å². The molecular weight excluding hydrogens is 371 g/mol.